The average molecular weight is 913 g/mol. The normalized spacial score (nSPS) is 11.6. The Hall–Kier alpha value is -7.68. The molecule has 0 saturated heterocycles. The van der Waals surface area contributed by atoms with Crippen molar-refractivity contribution in [3.05, 3.63) is 172 Å². The van der Waals surface area contributed by atoms with Gasteiger partial charge < -0.3 is 40.4 Å². The van der Waals surface area contributed by atoms with Crippen LogP contribution in [0.15, 0.2) is 143 Å². The highest BCUT2D eigenvalue weighted by molar-refractivity contribution is 5.97. The molecule has 0 fully saturated rings. The zero-order valence-electron chi connectivity index (χ0n) is 39.5. The first-order valence-electron chi connectivity index (χ1n) is 22.0. The molecule has 0 aliphatic carbocycles. The monoisotopic (exact) mass is 912 g/mol. The van der Waals surface area contributed by atoms with Gasteiger partial charge in [-0.1, -0.05) is 121 Å². The highest BCUT2D eigenvalue weighted by atomic mass is 16.6. The molecule has 67 heavy (non-hydrogen) atoms. The molecule has 0 aliphatic heterocycles. The second kappa shape index (κ2) is 27.6. The van der Waals surface area contributed by atoms with E-state index in [1.54, 1.807) is 19.1 Å². The van der Waals surface area contributed by atoms with E-state index in [9.17, 15) is 19.2 Å². The van der Waals surface area contributed by atoms with Gasteiger partial charge in [0.05, 0.1) is 0 Å². The van der Waals surface area contributed by atoms with Crippen molar-refractivity contribution in [2.45, 2.75) is 71.9 Å². The summed E-state index contributed by atoms with van der Waals surface area (Å²) in [6.07, 6.45) is 0.377. The number of amides is 4. The molecule has 0 bridgehead atoms. The Morgan fingerprint density at radius 2 is 1.13 bits per heavy atom. The van der Waals surface area contributed by atoms with Crippen molar-refractivity contribution >= 4 is 35.9 Å². The van der Waals surface area contributed by atoms with Crippen molar-refractivity contribution in [1.82, 2.24) is 25.8 Å². The van der Waals surface area contributed by atoms with Crippen molar-refractivity contribution < 1.29 is 33.4 Å². The van der Waals surface area contributed by atoms with Crippen LogP contribution >= 0.6 is 0 Å². The molecule has 5 aromatic rings. The molecule has 0 saturated carbocycles. The van der Waals surface area contributed by atoms with Crippen LogP contribution in [0.1, 0.15) is 52.3 Å². The number of nitrogens with one attached hydrogen (secondary N) is 3. The van der Waals surface area contributed by atoms with Crippen LogP contribution in [0.25, 0.3) is 0 Å². The van der Waals surface area contributed by atoms with Gasteiger partial charge in [-0.05, 0) is 84.7 Å². The lowest BCUT2D eigenvalue weighted by Crippen LogP contribution is -2.49. The summed E-state index contributed by atoms with van der Waals surface area (Å²) in [5, 5.41) is 8.01. The third-order valence-corrected chi connectivity index (χ3v) is 10.1. The fraction of sp³-hybridized carbons (Fsp3) is 0.308. The molecule has 4 amide bonds. The highest BCUT2D eigenvalue weighted by Crippen LogP contribution is 2.25. The van der Waals surface area contributed by atoms with Crippen molar-refractivity contribution in [3.63, 3.8) is 0 Å². The second-order valence-corrected chi connectivity index (χ2v) is 16.1. The number of benzene rings is 5. The number of nitrogens with zero attached hydrogens (tertiary/aromatic N) is 4. The number of ether oxygens (including phenoxy) is 3. The Kier molecular flexibility index (Phi) is 21.4. The van der Waals surface area contributed by atoms with E-state index >= 15 is 0 Å². The number of nitrogens with two attached hydrogens (primary N) is 1. The van der Waals surface area contributed by atoms with Crippen LogP contribution in [-0.4, -0.2) is 92.5 Å². The molecule has 0 aromatic heterocycles. The van der Waals surface area contributed by atoms with E-state index in [1.165, 1.54) is 5.56 Å². The topological polar surface area (TPSA) is 189 Å². The number of hydrogen-bond donors (Lipinski definition) is 4. The third kappa shape index (κ3) is 19.1. The van der Waals surface area contributed by atoms with Crippen LogP contribution in [0.3, 0.4) is 0 Å². The number of alkyl carbamates (subject to hydrolysis) is 1. The molecule has 5 rings (SSSR count). The van der Waals surface area contributed by atoms with Crippen LogP contribution in [0, 0.1) is 13.8 Å². The molecule has 5 aromatic carbocycles. The number of hydrogen-bond acceptors (Lipinski definition) is 8. The molecular weight excluding hydrogens is 849 g/mol. The fourth-order valence-corrected chi connectivity index (χ4v) is 6.68. The van der Waals surface area contributed by atoms with Gasteiger partial charge in [-0.2, -0.15) is 0 Å². The predicted molar refractivity (Wildman–Crippen MR) is 262 cm³/mol. The standard InChI is InChI=1S/C35H47N5O3.C17H17N3O4/c1-25-21-30(43-24-29-17-12-9-13-18-29)22-26(2)31(25)23-32(38-35(39(4)5)40(6)7)34(42)37-27(3)33(41)36-20-14-19-28-15-10-8-11-16-28;18-15(19-16(21)23-11-13-7-3-1-4-8-13)20-17(22)24-12-14-9-5-2-6-10-14/h8-13,15-18,21-22,27,32H,14,19-20,23-24H2,1-7H3,(H,36,41)(H,37,42);1-10H,11-12H2,(H3,18,19,20,21,22). The van der Waals surface area contributed by atoms with Gasteiger partial charge in [0.1, 0.15) is 37.7 Å². The van der Waals surface area contributed by atoms with E-state index in [0.29, 0.717) is 25.5 Å². The van der Waals surface area contributed by atoms with Gasteiger partial charge >= 0.3 is 12.2 Å². The van der Waals surface area contributed by atoms with Crippen LogP contribution in [0.5, 0.6) is 5.75 Å². The lowest BCUT2D eigenvalue weighted by molar-refractivity contribution is -0.129. The zero-order chi connectivity index (χ0) is 48.6. The largest absolute Gasteiger partial charge is 0.489 e. The minimum Gasteiger partial charge on any atom is -0.489 e. The number of rotatable bonds is 17. The minimum atomic E-state index is -0.903. The van der Waals surface area contributed by atoms with E-state index in [0.717, 1.165) is 52.0 Å². The first kappa shape index (κ1) is 51.9. The van der Waals surface area contributed by atoms with Crippen molar-refractivity contribution in [1.29, 1.82) is 0 Å². The van der Waals surface area contributed by atoms with E-state index in [2.05, 4.69) is 33.1 Å². The molecule has 0 aliphatic rings. The summed E-state index contributed by atoms with van der Waals surface area (Å²) in [5.41, 5.74) is 12.5. The van der Waals surface area contributed by atoms with E-state index in [-0.39, 0.29) is 25.0 Å². The molecule has 2 unspecified atom stereocenters. The Morgan fingerprint density at radius 3 is 1.64 bits per heavy atom. The molecular formula is C52H64N8O7. The quantitative estimate of drug-likeness (QED) is 0.0426. The average Bonchev–Trinajstić information content (AvgIpc) is 3.31. The van der Waals surface area contributed by atoms with Crippen LogP contribution < -0.4 is 26.4 Å². The molecule has 15 nitrogen and oxygen atoms in total. The van der Waals surface area contributed by atoms with Crippen LogP contribution in [0.4, 0.5) is 9.59 Å². The summed E-state index contributed by atoms with van der Waals surface area (Å²) in [5.74, 6) is 0.544. The molecule has 0 heterocycles. The Bertz CT molecular complexity index is 2350. The molecule has 15 heteroatoms. The molecule has 0 radical (unpaired) electrons. The zero-order valence-corrected chi connectivity index (χ0v) is 39.5. The second-order valence-electron chi connectivity index (χ2n) is 16.1. The Morgan fingerprint density at radius 1 is 0.657 bits per heavy atom. The van der Waals surface area contributed by atoms with Gasteiger partial charge in [-0.3, -0.25) is 14.9 Å². The van der Waals surface area contributed by atoms with Crippen molar-refractivity contribution in [3.8, 4) is 5.75 Å². The number of carbonyl (C=O) groups is 4. The Labute approximate surface area is 394 Å². The van der Waals surface area contributed by atoms with Gasteiger partial charge in [0, 0.05) is 41.2 Å². The first-order chi connectivity index (χ1) is 32.2. The highest BCUT2D eigenvalue weighted by Gasteiger charge is 2.26. The van der Waals surface area contributed by atoms with E-state index < -0.39 is 30.2 Å². The van der Waals surface area contributed by atoms with E-state index in [1.807, 2.05) is 161 Å². The molecule has 2 atom stereocenters. The summed E-state index contributed by atoms with van der Waals surface area (Å²) in [7, 11) is 7.59. The number of guanidine groups is 2. The van der Waals surface area contributed by atoms with Crippen molar-refractivity contribution in [2.24, 2.45) is 15.7 Å². The lowest BCUT2D eigenvalue weighted by Gasteiger charge is -2.26. The summed E-state index contributed by atoms with van der Waals surface area (Å²) in [4.78, 5) is 61.6. The van der Waals surface area contributed by atoms with E-state index in [4.69, 9.17) is 24.9 Å². The molecule has 5 N–H and O–H groups in total. The number of carbonyl (C=O) groups excluding carboxylic acids is 4. The maximum Gasteiger partial charge on any atom is 0.437 e. The summed E-state index contributed by atoms with van der Waals surface area (Å²) < 4.78 is 15.9. The fourth-order valence-electron chi connectivity index (χ4n) is 6.68. The summed E-state index contributed by atoms with van der Waals surface area (Å²) in [6.45, 7) is 6.93. The van der Waals surface area contributed by atoms with Crippen LogP contribution in [0.2, 0.25) is 0 Å². The van der Waals surface area contributed by atoms with Gasteiger partial charge in [0.2, 0.25) is 17.8 Å². The van der Waals surface area contributed by atoms with Gasteiger partial charge in [0.15, 0.2) is 5.96 Å². The predicted octanol–water partition coefficient (Wildman–Crippen LogP) is 7.09. The van der Waals surface area contributed by atoms with Crippen molar-refractivity contribution in [2.75, 3.05) is 34.7 Å². The third-order valence-electron chi connectivity index (χ3n) is 10.1. The lowest BCUT2D eigenvalue weighted by atomic mass is 9.95. The van der Waals surface area contributed by atoms with Crippen LogP contribution in [-0.2, 0) is 51.7 Å². The summed E-state index contributed by atoms with van der Waals surface area (Å²) >= 11 is 0. The van der Waals surface area contributed by atoms with Gasteiger partial charge in [0.25, 0.3) is 0 Å². The van der Waals surface area contributed by atoms with Gasteiger partial charge in [-0.15, -0.1) is 4.99 Å². The smallest absolute Gasteiger partial charge is 0.437 e. The maximum absolute atomic E-state index is 13.6. The minimum absolute atomic E-state index is 0.0644. The Balaban J connectivity index is 0.000000344. The molecule has 354 valence electrons. The number of aliphatic imine (C=N–C) groups is 2. The number of aryl methyl sites for hydroxylation is 3. The SMILES string of the molecule is Cc1cc(OCc2ccccc2)cc(C)c1CC(N=C(N(C)C)N(C)C)C(=O)NC(C)C(=O)NCCCc1ccccc1.N/C(=N/C(=O)OCc1ccccc1)NC(=O)OCc1ccccc1. The maximum atomic E-state index is 13.6. The summed E-state index contributed by atoms with van der Waals surface area (Å²) in [6, 6.07) is 41.1. The van der Waals surface area contributed by atoms with Gasteiger partial charge in [-0.25, -0.2) is 14.6 Å². The molecule has 0 spiro atoms. The first-order valence-corrected chi connectivity index (χ1v) is 22.0.